The minimum atomic E-state index is -3.68. The van der Waals surface area contributed by atoms with Crippen molar-refractivity contribution in [3.05, 3.63) is 35.6 Å². The predicted octanol–water partition coefficient (Wildman–Crippen LogP) is 2.54. The van der Waals surface area contributed by atoms with Crippen molar-refractivity contribution in [1.29, 1.82) is 0 Å². The van der Waals surface area contributed by atoms with Crippen molar-refractivity contribution in [1.82, 2.24) is 5.16 Å². The van der Waals surface area contributed by atoms with Crippen molar-refractivity contribution in [2.75, 3.05) is 40.4 Å². The van der Waals surface area contributed by atoms with E-state index in [1.165, 1.54) is 6.07 Å². The summed E-state index contributed by atoms with van der Waals surface area (Å²) in [5.74, 6) is 0.0837. The summed E-state index contributed by atoms with van der Waals surface area (Å²) in [6.45, 7) is 9.11. The third kappa shape index (κ3) is 5.22. The third-order valence-corrected chi connectivity index (χ3v) is 5.29. The van der Waals surface area contributed by atoms with Gasteiger partial charge in [-0.1, -0.05) is 5.16 Å². The highest BCUT2D eigenvalue weighted by Crippen LogP contribution is 2.23. The first-order valence-corrected chi connectivity index (χ1v) is 10.6. The Labute approximate surface area is 160 Å². The second kappa shape index (κ2) is 8.43. The number of nitrogens with zero attached hydrogens (tertiary/aromatic N) is 3. The highest BCUT2D eigenvalue weighted by atomic mass is 32.2. The van der Waals surface area contributed by atoms with Crippen LogP contribution in [0.5, 0.6) is 0 Å². The van der Waals surface area contributed by atoms with Gasteiger partial charge < -0.3 is 14.7 Å². The molecule has 0 aliphatic carbocycles. The van der Waals surface area contributed by atoms with Gasteiger partial charge >= 0.3 is 0 Å². The zero-order chi connectivity index (χ0) is 20.2. The Morgan fingerprint density at radius 3 is 2.33 bits per heavy atom. The molecule has 1 N–H and O–H groups in total. The lowest BCUT2D eigenvalue weighted by molar-refractivity contribution is -0.114. The first-order chi connectivity index (χ1) is 12.7. The van der Waals surface area contributed by atoms with E-state index in [-0.39, 0.29) is 12.4 Å². The molecule has 27 heavy (non-hydrogen) atoms. The lowest BCUT2D eigenvalue weighted by Crippen LogP contribution is -2.37. The highest BCUT2D eigenvalue weighted by molar-refractivity contribution is 7.92. The van der Waals surface area contributed by atoms with Gasteiger partial charge in [0.05, 0.1) is 6.26 Å². The van der Waals surface area contributed by atoms with Crippen LogP contribution >= 0.6 is 0 Å². The van der Waals surface area contributed by atoms with Gasteiger partial charge in [-0.05, 0) is 51.5 Å². The average molecular weight is 394 g/mol. The Hall–Kier alpha value is -2.55. The van der Waals surface area contributed by atoms with E-state index in [4.69, 9.17) is 4.52 Å². The minimum absolute atomic E-state index is 0.0822. The van der Waals surface area contributed by atoms with Gasteiger partial charge in [-0.2, -0.15) is 0 Å². The van der Waals surface area contributed by atoms with Crippen LogP contribution in [-0.2, 0) is 14.8 Å². The topological polar surface area (TPSA) is 95.8 Å². The molecule has 0 spiro atoms. The van der Waals surface area contributed by atoms with Gasteiger partial charge in [0.1, 0.15) is 12.3 Å². The molecular weight excluding hydrogens is 368 g/mol. The van der Waals surface area contributed by atoms with Gasteiger partial charge in [-0.3, -0.25) is 4.79 Å². The second-order valence-corrected chi connectivity index (χ2v) is 8.19. The number of nitrogens with one attached hydrogen (secondary N) is 1. The van der Waals surface area contributed by atoms with E-state index in [1.807, 2.05) is 25.1 Å². The van der Waals surface area contributed by atoms with Crippen LogP contribution in [0.2, 0.25) is 0 Å². The molecule has 0 aliphatic rings. The Kier molecular flexibility index (Phi) is 6.48. The number of aromatic nitrogens is 1. The molecule has 2 rings (SSSR count). The fourth-order valence-electron chi connectivity index (χ4n) is 2.73. The van der Waals surface area contributed by atoms with Crippen LogP contribution < -0.4 is 14.5 Å². The lowest BCUT2D eigenvalue weighted by Gasteiger charge is -2.22. The largest absolute Gasteiger partial charge is 0.372 e. The zero-order valence-electron chi connectivity index (χ0n) is 16.3. The van der Waals surface area contributed by atoms with Crippen LogP contribution in [0.4, 0.5) is 17.2 Å². The number of amides is 1. The van der Waals surface area contributed by atoms with E-state index in [0.717, 1.165) is 34.9 Å². The predicted molar refractivity (Wildman–Crippen MR) is 107 cm³/mol. The van der Waals surface area contributed by atoms with Crippen molar-refractivity contribution in [2.24, 2.45) is 0 Å². The summed E-state index contributed by atoms with van der Waals surface area (Å²) in [5, 5.41) is 6.47. The summed E-state index contributed by atoms with van der Waals surface area (Å²) in [4.78, 5) is 14.7. The minimum Gasteiger partial charge on any atom is -0.372 e. The van der Waals surface area contributed by atoms with Crippen molar-refractivity contribution in [2.45, 2.75) is 27.7 Å². The zero-order valence-corrected chi connectivity index (χ0v) is 17.1. The number of carbonyl (C=O) groups excluding carboxylic acids is 1. The first kappa shape index (κ1) is 20.8. The molecular formula is C18H26N4O4S. The molecule has 0 saturated heterocycles. The molecule has 0 radical (unpaired) electrons. The molecule has 0 unspecified atom stereocenters. The number of carbonyl (C=O) groups is 1. The molecule has 0 saturated carbocycles. The molecule has 1 heterocycles. The van der Waals surface area contributed by atoms with Crippen LogP contribution in [0, 0.1) is 13.8 Å². The Morgan fingerprint density at radius 1 is 1.19 bits per heavy atom. The van der Waals surface area contributed by atoms with Crippen molar-refractivity contribution >= 4 is 33.1 Å². The number of hydrogen-bond donors (Lipinski definition) is 1. The van der Waals surface area contributed by atoms with Gasteiger partial charge in [0.25, 0.3) is 0 Å². The fraction of sp³-hybridized carbons (Fsp3) is 0.444. The quantitative estimate of drug-likeness (QED) is 0.739. The summed E-state index contributed by atoms with van der Waals surface area (Å²) in [6.07, 6.45) is 1.02. The van der Waals surface area contributed by atoms with Gasteiger partial charge in [-0.15, -0.1) is 0 Å². The number of sulfonamides is 1. The molecule has 1 amide bonds. The van der Waals surface area contributed by atoms with E-state index in [9.17, 15) is 13.2 Å². The maximum Gasteiger partial charge on any atom is 0.245 e. The van der Waals surface area contributed by atoms with E-state index in [2.05, 4.69) is 29.2 Å². The molecule has 1 aromatic carbocycles. The molecule has 1 aromatic heterocycles. The van der Waals surface area contributed by atoms with E-state index in [0.29, 0.717) is 11.4 Å². The summed E-state index contributed by atoms with van der Waals surface area (Å²) in [6, 6.07) is 7.23. The Balaban J connectivity index is 2.16. The summed E-state index contributed by atoms with van der Waals surface area (Å²) >= 11 is 0. The fourth-order valence-corrected chi connectivity index (χ4v) is 3.51. The monoisotopic (exact) mass is 394 g/mol. The van der Waals surface area contributed by atoms with Crippen molar-refractivity contribution < 1.29 is 17.7 Å². The van der Waals surface area contributed by atoms with Gasteiger partial charge in [0.15, 0.2) is 5.82 Å². The molecule has 0 atom stereocenters. The van der Waals surface area contributed by atoms with Crippen LogP contribution in [0.25, 0.3) is 0 Å². The summed E-state index contributed by atoms with van der Waals surface area (Å²) < 4.78 is 29.9. The highest BCUT2D eigenvalue weighted by Gasteiger charge is 2.24. The summed E-state index contributed by atoms with van der Waals surface area (Å²) in [7, 11) is -3.68. The number of rotatable bonds is 8. The maximum absolute atomic E-state index is 12.4. The maximum atomic E-state index is 12.4. The molecule has 9 heteroatoms. The molecule has 0 aliphatic heterocycles. The standard InChI is InChI=1S/C18H26N4O4S/c1-6-21(7-2)15-8-9-16(13(3)10-15)19-18(23)12-22(27(5,24)25)17-11-14(4)26-20-17/h8-11H,6-7,12H2,1-5H3,(H,19,23). The second-order valence-electron chi connectivity index (χ2n) is 6.29. The van der Waals surface area contributed by atoms with Crippen LogP contribution in [0.3, 0.4) is 0 Å². The Bertz CT molecular complexity index is 904. The van der Waals surface area contributed by atoms with Gasteiger partial charge in [0, 0.05) is 30.5 Å². The van der Waals surface area contributed by atoms with Gasteiger partial charge in [-0.25, -0.2) is 12.7 Å². The summed E-state index contributed by atoms with van der Waals surface area (Å²) in [5.41, 5.74) is 2.61. The number of hydrogen-bond acceptors (Lipinski definition) is 6. The molecule has 2 aromatic rings. The number of aryl methyl sites for hydroxylation is 2. The van der Waals surface area contributed by atoms with Crippen LogP contribution in [0.15, 0.2) is 28.8 Å². The first-order valence-electron chi connectivity index (χ1n) is 8.72. The van der Waals surface area contributed by atoms with E-state index >= 15 is 0 Å². The van der Waals surface area contributed by atoms with Crippen LogP contribution in [0.1, 0.15) is 25.2 Å². The molecule has 0 fully saturated rings. The van der Waals surface area contributed by atoms with Crippen LogP contribution in [-0.4, -0.2) is 45.4 Å². The van der Waals surface area contributed by atoms with Gasteiger partial charge in [0.2, 0.25) is 15.9 Å². The molecule has 148 valence electrons. The number of anilines is 3. The molecule has 8 nitrogen and oxygen atoms in total. The Morgan fingerprint density at radius 2 is 1.85 bits per heavy atom. The number of benzene rings is 1. The van der Waals surface area contributed by atoms with E-state index in [1.54, 1.807) is 6.92 Å². The smallest absolute Gasteiger partial charge is 0.245 e. The normalized spacial score (nSPS) is 11.3. The van der Waals surface area contributed by atoms with Crippen molar-refractivity contribution in [3.63, 3.8) is 0 Å². The SMILES string of the molecule is CCN(CC)c1ccc(NC(=O)CN(c2cc(C)on2)S(C)(=O)=O)c(C)c1. The average Bonchev–Trinajstić information content (AvgIpc) is 3.01. The lowest BCUT2D eigenvalue weighted by atomic mass is 10.1. The molecule has 0 bridgehead atoms. The van der Waals surface area contributed by atoms with Crippen molar-refractivity contribution in [3.8, 4) is 0 Å². The third-order valence-electron chi connectivity index (χ3n) is 4.17. The van der Waals surface area contributed by atoms with E-state index < -0.39 is 15.9 Å².